The molecule has 0 aliphatic heterocycles. The van der Waals surface area contributed by atoms with E-state index < -0.39 is 0 Å². The lowest BCUT2D eigenvalue weighted by atomic mass is 10.0. The van der Waals surface area contributed by atoms with Crippen molar-refractivity contribution in [3.8, 4) is 0 Å². The molecule has 1 aromatic carbocycles. The van der Waals surface area contributed by atoms with E-state index in [0.717, 1.165) is 10.9 Å². The summed E-state index contributed by atoms with van der Waals surface area (Å²) in [4.78, 5) is 4.20. The van der Waals surface area contributed by atoms with E-state index in [-0.39, 0.29) is 11.7 Å². The summed E-state index contributed by atoms with van der Waals surface area (Å²) in [6, 6.07) is 6.84. The molecule has 1 aromatic heterocycles. The summed E-state index contributed by atoms with van der Waals surface area (Å²) in [6.07, 6.45) is 0. The Hall–Kier alpha value is -1.68. The maximum atomic E-state index is 13.5. The highest BCUT2D eigenvalue weighted by Gasteiger charge is 2.11. The number of nitrogen functional groups attached to an aromatic ring is 1. The first-order valence-corrected chi connectivity index (χ1v) is 5.19. The Bertz CT molecular complexity index is 523. The van der Waals surface area contributed by atoms with Gasteiger partial charge in [-0.2, -0.15) is 0 Å². The Morgan fingerprint density at radius 2 is 2.12 bits per heavy atom. The molecule has 0 unspecified atom stereocenters. The van der Waals surface area contributed by atoms with E-state index in [9.17, 15) is 4.39 Å². The maximum Gasteiger partial charge on any atom is 0.149 e. The molecule has 0 fully saturated rings. The molecule has 0 saturated carbocycles. The molecule has 0 bridgehead atoms. The Labute approximate surface area is 93.5 Å². The van der Waals surface area contributed by atoms with E-state index in [2.05, 4.69) is 10.4 Å². The van der Waals surface area contributed by atoms with Crippen LogP contribution in [0.15, 0.2) is 24.3 Å². The lowest BCUT2D eigenvalue weighted by Gasteiger charge is -2.12. The van der Waals surface area contributed by atoms with Crippen LogP contribution in [0.25, 0.3) is 10.9 Å². The highest BCUT2D eigenvalue weighted by Crippen LogP contribution is 2.27. The molecule has 3 nitrogen and oxygen atoms in total. The standard InChI is InChI=1S/C12H14FN3/c1-7(2)9-6-8-4-3-5-10(13)11(8)15-12(9)16-14/h3-7H,14H2,1-2H3,(H,15,16). The van der Waals surface area contributed by atoms with Crippen LogP contribution < -0.4 is 11.3 Å². The minimum Gasteiger partial charge on any atom is -0.308 e. The summed E-state index contributed by atoms with van der Waals surface area (Å²) in [7, 11) is 0. The molecule has 0 saturated heterocycles. The van der Waals surface area contributed by atoms with Crippen molar-refractivity contribution in [2.45, 2.75) is 19.8 Å². The second-order valence-electron chi connectivity index (χ2n) is 4.04. The van der Waals surface area contributed by atoms with Crippen LogP contribution in [0, 0.1) is 5.82 Å². The van der Waals surface area contributed by atoms with Gasteiger partial charge in [-0.3, -0.25) is 0 Å². The summed E-state index contributed by atoms with van der Waals surface area (Å²) in [5, 5.41) is 0.794. The van der Waals surface area contributed by atoms with Gasteiger partial charge in [0.2, 0.25) is 0 Å². The van der Waals surface area contributed by atoms with E-state index >= 15 is 0 Å². The first-order chi connectivity index (χ1) is 7.63. The fraction of sp³-hybridized carbons (Fsp3) is 0.250. The number of benzene rings is 1. The van der Waals surface area contributed by atoms with Gasteiger partial charge in [0, 0.05) is 5.39 Å². The van der Waals surface area contributed by atoms with Crippen LogP contribution >= 0.6 is 0 Å². The van der Waals surface area contributed by atoms with Crippen LogP contribution in [0.2, 0.25) is 0 Å². The third-order valence-electron chi connectivity index (χ3n) is 2.58. The van der Waals surface area contributed by atoms with Crippen molar-refractivity contribution < 1.29 is 4.39 Å². The molecule has 0 aliphatic carbocycles. The van der Waals surface area contributed by atoms with Crippen molar-refractivity contribution in [3.05, 3.63) is 35.6 Å². The van der Waals surface area contributed by atoms with Gasteiger partial charge in [0.1, 0.15) is 17.2 Å². The highest BCUT2D eigenvalue weighted by atomic mass is 19.1. The van der Waals surface area contributed by atoms with Crippen molar-refractivity contribution in [2.75, 3.05) is 5.43 Å². The van der Waals surface area contributed by atoms with E-state index in [4.69, 9.17) is 5.84 Å². The number of halogens is 1. The van der Waals surface area contributed by atoms with Crippen molar-refractivity contribution in [2.24, 2.45) is 5.84 Å². The van der Waals surface area contributed by atoms with Gasteiger partial charge in [-0.1, -0.05) is 26.0 Å². The maximum absolute atomic E-state index is 13.5. The topological polar surface area (TPSA) is 50.9 Å². The normalized spacial score (nSPS) is 11.1. The first kappa shape index (κ1) is 10.8. The number of pyridine rings is 1. The number of nitrogens with one attached hydrogen (secondary N) is 1. The zero-order valence-electron chi connectivity index (χ0n) is 9.29. The lowest BCUT2D eigenvalue weighted by Crippen LogP contribution is -2.12. The molecule has 1 heterocycles. The number of rotatable bonds is 2. The average Bonchev–Trinajstić information content (AvgIpc) is 2.28. The van der Waals surface area contributed by atoms with Crippen LogP contribution in [0.1, 0.15) is 25.3 Å². The molecular formula is C12H14FN3. The smallest absolute Gasteiger partial charge is 0.149 e. The molecular weight excluding hydrogens is 205 g/mol. The van der Waals surface area contributed by atoms with E-state index in [1.807, 2.05) is 26.0 Å². The zero-order chi connectivity index (χ0) is 11.7. The number of hydrazine groups is 1. The molecule has 0 aliphatic rings. The molecule has 0 radical (unpaired) electrons. The number of nitrogens with zero attached hydrogens (tertiary/aromatic N) is 1. The van der Waals surface area contributed by atoms with Crippen LogP contribution in [-0.4, -0.2) is 4.98 Å². The van der Waals surface area contributed by atoms with Crippen molar-refractivity contribution >= 4 is 16.7 Å². The van der Waals surface area contributed by atoms with Gasteiger partial charge in [-0.15, -0.1) is 0 Å². The quantitative estimate of drug-likeness (QED) is 0.603. The van der Waals surface area contributed by atoms with Crippen molar-refractivity contribution in [1.82, 2.24) is 4.98 Å². The molecule has 0 atom stereocenters. The Balaban J connectivity index is 2.75. The van der Waals surface area contributed by atoms with Crippen LogP contribution in [0.5, 0.6) is 0 Å². The highest BCUT2D eigenvalue weighted by molar-refractivity contribution is 5.82. The molecule has 0 spiro atoms. The summed E-state index contributed by atoms with van der Waals surface area (Å²) in [6.45, 7) is 4.09. The van der Waals surface area contributed by atoms with Gasteiger partial charge in [0.25, 0.3) is 0 Å². The first-order valence-electron chi connectivity index (χ1n) is 5.19. The molecule has 2 rings (SSSR count). The van der Waals surface area contributed by atoms with Crippen LogP contribution in [0.3, 0.4) is 0 Å². The van der Waals surface area contributed by atoms with E-state index in [0.29, 0.717) is 11.3 Å². The second-order valence-corrected chi connectivity index (χ2v) is 4.04. The molecule has 16 heavy (non-hydrogen) atoms. The Kier molecular flexibility index (Phi) is 2.75. The predicted octanol–water partition coefficient (Wildman–Crippen LogP) is 2.78. The van der Waals surface area contributed by atoms with Gasteiger partial charge in [-0.25, -0.2) is 15.2 Å². The van der Waals surface area contributed by atoms with E-state index in [1.165, 1.54) is 6.07 Å². The average molecular weight is 219 g/mol. The van der Waals surface area contributed by atoms with Gasteiger partial charge in [-0.05, 0) is 23.6 Å². The number of nitrogens with two attached hydrogens (primary N) is 1. The third kappa shape index (κ3) is 1.72. The largest absolute Gasteiger partial charge is 0.308 e. The molecule has 0 amide bonds. The van der Waals surface area contributed by atoms with Crippen molar-refractivity contribution in [3.63, 3.8) is 0 Å². The summed E-state index contributed by atoms with van der Waals surface area (Å²) >= 11 is 0. The number of hydrogen-bond acceptors (Lipinski definition) is 3. The number of anilines is 1. The Morgan fingerprint density at radius 3 is 2.75 bits per heavy atom. The zero-order valence-corrected chi connectivity index (χ0v) is 9.29. The number of aromatic nitrogens is 1. The van der Waals surface area contributed by atoms with Gasteiger partial charge < -0.3 is 5.43 Å². The second kappa shape index (κ2) is 4.06. The molecule has 3 N–H and O–H groups in total. The monoisotopic (exact) mass is 219 g/mol. The fourth-order valence-electron chi connectivity index (χ4n) is 1.73. The Morgan fingerprint density at radius 1 is 1.38 bits per heavy atom. The van der Waals surface area contributed by atoms with Gasteiger partial charge in [0.05, 0.1) is 0 Å². The van der Waals surface area contributed by atoms with E-state index in [1.54, 1.807) is 6.07 Å². The lowest BCUT2D eigenvalue weighted by molar-refractivity contribution is 0.636. The van der Waals surface area contributed by atoms with Gasteiger partial charge in [0.15, 0.2) is 0 Å². The van der Waals surface area contributed by atoms with Crippen molar-refractivity contribution in [1.29, 1.82) is 0 Å². The molecule has 2 aromatic rings. The molecule has 84 valence electrons. The van der Waals surface area contributed by atoms with Gasteiger partial charge >= 0.3 is 0 Å². The summed E-state index contributed by atoms with van der Waals surface area (Å²) < 4.78 is 13.5. The molecule has 4 heteroatoms. The fourth-order valence-corrected chi connectivity index (χ4v) is 1.73. The summed E-state index contributed by atoms with van der Waals surface area (Å²) in [5.74, 6) is 5.88. The predicted molar refractivity (Wildman–Crippen MR) is 63.6 cm³/mol. The SMILES string of the molecule is CC(C)c1cc2cccc(F)c2nc1NN. The number of fused-ring (bicyclic) bond motifs is 1. The summed E-state index contributed by atoms with van der Waals surface area (Å²) in [5.41, 5.74) is 3.85. The number of hydrogen-bond donors (Lipinski definition) is 2. The third-order valence-corrected chi connectivity index (χ3v) is 2.58. The van der Waals surface area contributed by atoms with Crippen LogP contribution in [-0.2, 0) is 0 Å². The number of para-hydroxylation sites is 1. The minimum absolute atomic E-state index is 0.284. The minimum atomic E-state index is -0.329. The van der Waals surface area contributed by atoms with Crippen LogP contribution in [0.4, 0.5) is 10.2 Å².